The summed E-state index contributed by atoms with van der Waals surface area (Å²) in [5.41, 5.74) is 0.295. The molecule has 7 nitrogen and oxygen atoms in total. The second kappa shape index (κ2) is 8.74. The van der Waals surface area contributed by atoms with E-state index in [2.05, 4.69) is 5.32 Å². The van der Waals surface area contributed by atoms with Gasteiger partial charge in [-0.15, -0.1) is 0 Å². The van der Waals surface area contributed by atoms with Crippen LogP contribution in [0.2, 0.25) is 0 Å². The molecule has 1 heterocycles. The van der Waals surface area contributed by atoms with E-state index >= 15 is 0 Å². The molecular formula is C21H22BF2NO6. The molecule has 1 atom stereocenters. The molecule has 0 radical (unpaired) electrons. The van der Waals surface area contributed by atoms with Gasteiger partial charge < -0.3 is 24.8 Å². The molecule has 1 amide bonds. The third kappa shape index (κ3) is 5.09. The summed E-state index contributed by atoms with van der Waals surface area (Å²) in [6, 6.07) is 4.42. The second-order valence-electron chi connectivity index (χ2n) is 7.92. The lowest BCUT2D eigenvalue weighted by molar-refractivity contribution is -0.153. The number of esters is 1. The fourth-order valence-electron chi connectivity index (χ4n) is 3.42. The largest absolute Gasteiger partial charge is 0.492 e. The molecule has 3 N–H and O–H groups in total. The molecule has 1 aliphatic heterocycles. The standard InChI is InChI=1S/C21H22BF2NO6/c1-11-16(5-4-13-10-31-22(29)17(11)13)19(26)25-18(21(2,3)28)20(27)30-9-12-6-14(23)8-15(24)7-12/h4-8,18,28-29H,9-10H2,1-3H3,(H,25,26)/t18-/m1/s1. The molecule has 0 unspecified atom stereocenters. The Morgan fingerprint density at radius 3 is 2.52 bits per heavy atom. The number of hydrogen-bond acceptors (Lipinski definition) is 6. The summed E-state index contributed by atoms with van der Waals surface area (Å²) < 4.78 is 36.9. The summed E-state index contributed by atoms with van der Waals surface area (Å²) in [4.78, 5) is 25.4. The maximum Gasteiger partial charge on any atom is 0.492 e. The van der Waals surface area contributed by atoms with Gasteiger partial charge in [-0.3, -0.25) is 4.79 Å². The van der Waals surface area contributed by atoms with E-state index in [1.54, 1.807) is 13.0 Å². The molecule has 0 spiro atoms. The summed E-state index contributed by atoms with van der Waals surface area (Å²) >= 11 is 0. The molecule has 0 saturated heterocycles. The van der Waals surface area contributed by atoms with Crippen molar-refractivity contribution in [2.75, 3.05) is 0 Å². The van der Waals surface area contributed by atoms with Crippen LogP contribution < -0.4 is 10.8 Å². The maximum absolute atomic E-state index is 13.3. The van der Waals surface area contributed by atoms with Crippen LogP contribution in [0.1, 0.15) is 40.9 Å². The first-order chi connectivity index (χ1) is 14.5. The third-order valence-electron chi connectivity index (χ3n) is 5.01. The molecule has 31 heavy (non-hydrogen) atoms. The highest BCUT2D eigenvalue weighted by Crippen LogP contribution is 2.18. The van der Waals surface area contributed by atoms with Crippen LogP contribution in [0.3, 0.4) is 0 Å². The highest BCUT2D eigenvalue weighted by molar-refractivity contribution is 6.62. The van der Waals surface area contributed by atoms with Gasteiger partial charge in [-0.1, -0.05) is 6.07 Å². The number of amides is 1. The van der Waals surface area contributed by atoms with Gasteiger partial charge in [-0.25, -0.2) is 13.6 Å². The van der Waals surface area contributed by atoms with E-state index in [-0.39, 0.29) is 17.7 Å². The number of halogens is 2. The van der Waals surface area contributed by atoms with Crippen molar-refractivity contribution in [3.63, 3.8) is 0 Å². The maximum atomic E-state index is 13.3. The number of hydrogen-bond donors (Lipinski definition) is 3. The lowest BCUT2D eigenvalue weighted by Gasteiger charge is -2.28. The minimum atomic E-state index is -1.70. The Morgan fingerprint density at radius 2 is 1.90 bits per heavy atom. The van der Waals surface area contributed by atoms with Gasteiger partial charge in [0.1, 0.15) is 18.2 Å². The zero-order chi connectivity index (χ0) is 22.9. The SMILES string of the molecule is Cc1c(C(=O)N[C@H](C(=O)OCc2cc(F)cc(F)c2)C(C)(C)O)ccc2c1B(O)OC2. The number of ether oxygens (including phenoxy) is 1. The van der Waals surface area contributed by atoms with Crippen LogP contribution in [0.4, 0.5) is 8.78 Å². The highest BCUT2D eigenvalue weighted by Gasteiger charge is 2.37. The summed E-state index contributed by atoms with van der Waals surface area (Å²) in [6.07, 6.45) is 0. The summed E-state index contributed by atoms with van der Waals surface area (Å²) in [7, 11) is -1.15. The number of benzene rings is 2. The molecule has 0 bridgehead atoms. The number of aliphatic hydroxyl groups is 1. The van der Waals surface area contributed by atoms with Crippen molar-refractivity contribution >= 4 is 24.5 Å². The van der Waals surface area contributed by atoms with Crippen molar-refractivity contribution in [1.82, 2.24) is 5.32 Å². The van der Waals surface area contributed by atoms with Crippen molar-refractivity contribution in [1.29, 1.82) is 0 Å². The number of carbonyl (C=O) groups excluding carboxylic acids is 2. The van der Waals surface area contributed by atoms with Crippen molar-refractivity contribution < 1.29 is 37.9 Å². The Bertz CT molecular complexity index is 1000. The number of rotatable bonds is 6. The minimum absolute atomic E-state index is 0.0788. The zero-order valence-electron chi connectivity index (χ0n) is 17.2. The summed E-state index contributed by atoms with van der Waals surface area (Å²) in [5.74, 6) is -3.29. The van der Waals surface area contributed by atoms with E-state index in [4.69, 9.17) is 9.39 Å². The summed E-state index contributed by atoms with van der Waals surface area (Å²) in [6.45, 7) is 4.04. The number of carbonyl (C=O) groups is 2. The molecule has 164 valence electrons. The van der Waals surface area contributed by atoms with Gasteiger partial charge in [0.05, 0.1) is 12.2 Å². The van der Waals surface area contributed by atoms with E-state index in [0.717, 1.165) is 17.7 Å². The molecule has 0 aromatic heterocycles. The van der Waals surface area contributed by atoms with Gasteiger partial charge in [-0.2, -0.15) is 0 Å². The Morgan fingerprint density at radius 1 is 1.26 bits per heavy atom. The fraction of sp³-hybridized carbons (Fsp3) is 0.333. The predicted octanol–water partition coefficient (Wildman–Crippen LogP) is 1.10. The first-order valence-electron chi connectivity index (χ1n) is 9.54. The van der Waals surface area contributed by atoms with Crippen molar-refractivity contribution in [2.24, 2.45) is 0 Å². The van der Waals surface area contributed by atoms with Crippen LogP contribution >= 0.6 is 0 Å². The lowest BCUT2D eigenvalue weighted by Crippen LogP contribution is -2.55. The molecule has 0 fully saturated rings. The second-order valence-corrected chi connectivity index (χ2v) is 7.92. The first-order valence-corrected chi connectivity index (χ1v) is 9.54. The van der Waals surface area contributed by atoms with Gasteiger partial charge >= 0.3 is 13.1 Å². The lowest BCUT2D eigenvalue weighted by atomic mass is 9.75. The predicted molar refractivity (Wildman–Crippen MR) is 107 cm³/mol. The smallest absolute Gasteiger partial charge is 0.459 e. The van der Waals surface area contributed by atoms with Gasteiger partial charge in [-0.05, 0) is 61.1 Å². The normalized spacial score (nSPS) is 14.2. The van der Waals surface area contributed by atoms with Crippen molar-refractivity contribution in [3.8, 4) is 0 Å². The molecular weight excluding hydrogens is 411 g/mol. The quantitative estimate of drug-likeness (QED) is 0.466. The van der Waals surface area contributed by atoms with E-state index in [0.29, 0.717) is 17.1 Å². The molecule has 10 heteroatoms. The van der Waals surface area contributed by atoms with E-state index in [1.165, 1.54) is 19.9 Å². The molecule has 2 aromatic rings. The van der Waals surface area contributed by atoms with Gasteiger partial charge in [0.2, 0.25) is 0 Å². The molecule has 1 aliphatic rings. The van der Waals surface area contributed by atoms with Crippen LogP contribution in [-0.4, -0.2) is 40.8 Å². The van der Waals surface area contributed by atoms with Crippen LogP contribution in [-0.2, 0) is 27.4 Å². The van der Waals surface area contributed by atoms with Crippen LogP contribution in [0.15, 0.2) is 30.3 Å². The average Bonchev–Trinajstić information content (AvgIpc) is 3.04. The van der Waals surface area contributed by atoms with Crippen LogP contribution in [0.5, 0.6) is 0 Å². The first kappa shape index (κ1) is 22.9. The van der Waals surface area contributed by atoms with Crippen molar-refractivity contribution in [3.05, 3.63) is 64.2 Å². The number of fused-ring (bicyclic) bond motifs is 1. The van der Waals surface area contributed by atoms with E-state index < -0.39 is 48.9 Å². The molecule has 0 aliphatic carbocycles. The van der Waals surface area contributed by atoms with E-state index in [1.807, 2.05) is 0 Å². The molecule has 0 saturated carbocycles. The van der Waals surface area contributed by atoms with Crippen LogP contribution in [0.25, 0.3) is 0 Å². The fourth-order valence-corrected chi connectivity index (χ4v) is 3.42. The monoisotopic (exact) mass is 433 g/mol. The Hall–Kier alpha value is -2.82. The van der Waals surface area contributed by atoms with E-state index in [9.17, 15) is 28.5 Å². The van der Waals surface area contributed by atoms with Crippen molar-refractivity contribution in [2.45, 2.75) is 45.6 Å². The highest BCUT2D eigenvalue weighted by atomic mass is 19.1. The van der Waals surface area contributed by atoms with Gasteiger partial charge in [0.25, 0.3) is 5.91 Å². The topological polar surface area (TPSA) is 105 Å². The zero-order valence-corrected chi connectivity index (χ0v) is 17.2. The molecule has 3 rings (SSSR count). The molecule has 2 aromatic carbocycles. The Balaban J connectivity index is 1.76. The Labute approximate surface area is 178 Å². The average molecular weight is 433 g/mol. The van der Waals surface area contributed by atoms with Gasteiger partial charge in [0.15, 0.2) is 6.04 Å². The minimum Gasteiger partial charge on any atom is -0.459 e. The Kier molecular flexibility index (Phi) is 6.44. The van der Waals surface area contributed by atoms with Crippen LogP contribution in [0, 0.1) is 18.6 Å². The third-order valence-corrected chi connectivity index (χ3v) is 5.01. The number of nitrogens with one attached hydrogen (secondary N) is 1. The van der Waals surface area contributed by atoms with Gasteiger partial charge in [0, 0.05) is 11.6 Å². The summed E-state index contributed by atoms with van der Waals surface area (Å²) in [5, 5.41) is 22.8.